The molecule has 1 aliphatic rings. The van der Waals surface area contributed by atoms with Crippen molar-refractivity contribution in [2.24, 2.45) is 5.92 Å². The van der Waals surface area contributed by atoms with E-state index in [0.29, 0.717) is 36.9 Å². The van der Waals surface area contributed by atoms with Crippen LogP contribution in [0.4, 0.5) is 4.79 Å². The second-order valence-corrected chi connectivity index (χ2v) is 9.43. The largest absolute Gasteiger partial charge is 0.484 e. The molecule has 0 atom stereocenters. The fourth-order valence-corrected chi connectivity index (χ4v) is 3.84. The summed E-state index contributed by atoms with van der Waals surface area (Å²) in [5.74, 6) is 0.0117. The highest BCUT2D eigenvalue weighted by Gasteiger charge is 2.27. The number of amides is 1. The van der Waals surface area contributed by atoms with Gasteiger partial charge in [-0.15, -0.1) is 0 Å². The van der Waals surface area contributed by atoms with Gasteiger partial charge in [0.15, 0.2) is 11.4 Å². The molecule has 178 valence electrons. The Hall–Kier alpha value is -3.16. The van der Waals surface area contributed by atoms with Crippen molar-refractivity contribution in [1.29, 1.82) is 0 Å². The number of nitrogens with zero attached hydrogens (tertiary/aromatic N) is 3. The average molecular weight is 456 g/mol. The number of hydrogen-bond acceptors (Lipinski definition) is 6. The van der Waals surface area contributed by atoms with Gasteiger partial charge in [-0.05, 0) is 58.4 Å². The third kappa shape index (κ3) is 7.17. The lowest BCUT2D eigenvalue weighted by molar-refractivity contribution is 0.0181. The Kier molecular flexibility index (Phi) is 7.89. The number of carbonyl (C=O) groups is 2. The molecule has 0 radical (unpaired) electrons. The van der Waals surface area contributed by atoms with Gasteiger partial charge in [-0.3, -0.25) is 0 Å². The van der Waals surface area contributed by atoms with Crippen molar-refractivity contribution >= 4 is 12.1 Å². The Morgan fingerprint density at radius 1 is 1.12 bits per heavy atom. The summed E-state index contributed by atoms with van der Waals surface area (Å²) in [6.45, 7) is 8.91. The molecule has 2 aromatic rings. The summed E-state index contributed by atoms with van der Waals surface area (Å²) in [6.07, 6.45) is 2.91. The molecule has 1 N–H and O–H groups in total. The van der Waals surface area contributed by atoms with Crippen molar-refractivity contribution in [3.8, 4) is 5.75 Å². The van der Waals surface area contributed by atoms with Crippen LogP contribution in [0.15, 0.2) is 30.3 Å². The van der Waals surface area contributed by atoms with Crippen molar-refractivity contribution in [2.45, 2.75) is 65.6 Å². The van der Waals surface area contributed by atoms with Crippen LogP contribution in [0.1, 0.15) is 67.6 Å². The lowest BCUT2D eigenvalue weighted by Crippen LogP contribution is -2.41. The molecule has 2 heterocycles. The van der Waals surface area contributed by atoms with E-state index in [1.807, 2.05) is 51.1 Å². The molecule has 1 aromatic heterocycles. The smallest absolute Gasteiger partial charge is 0.410 e. The van der Waals surface area contributed by atoms with Crippen LogP contribution in [-0.4, -0.2) is 50.7 Å². The molecule has 8 heteroatoms. The second kappa shape index (κ2) is 10.6. The number of ether oxygens (including phenoxy) is 2. The molecule has 1 aromatic carbocycles. The molecule has 33 heavy (non-hydrogen) atoms. The van der Waals surface area contributed by atoms with Crippen LogP contribution in [0.5, 0.6) is 5.75 Å². The third-order valence-corrected chi connectivity index (χ3v) is 5.55. The maximum absolute atomic E-state index is 12.2. The fourth-order valence-electron chi connectivity index (χ4n) is 3.84. The summed E-state index contributed by atoms with van der Waals surface area (Å²) >= 11 is 0. The Bertz CT molecular complexity index is 964. The summed E-state index contributed by atoms with van der Waals surface area (Å²) in [5, 5.41) is 9.67. The topological polar surface area (TPSA) is 102 Å². The van der Waals surface area contributed by atoms with Crippen molar-refractivity contribution in [1.82, 2.24) is 14.9 Å². The van der Waals surface area contributed by atoms with Gasteiger partial charge < -0.3 is 19.5 Å². The highest BCUT2D eigenvalue weighted by Crippen LogP contribution is 2.26. The normalized spacial score (nSPS) is 14.7. The first kappa shape index (κ1) is 24.5. The number of aromatic nitrogens is 2. The first-order chi connectivity index (χ1) is 15.6. The Morgan fingerprint density at radius 3 is 2.39 bits per heavy atom. The van der Waals surface area contributed by atoms with Crippen LogP contribution in [0, 0.1) is 12.8 Å². The molecule has 1 fully saturated rings. The van der Waals surface area contributed by atoms with Crippen molar-refractivity contribution in [2.75, 3.05) is 13.1 Å². The van der Waals surface area contributed by atoms with Gasteiger partial charge in [0.2, 0.25) is 0 Å². The van der Waals surface area contributed by atoms with E-state index in [4.69, 9.17) is 9.47 Å². The van der Waals surface area contributed by atoms with E-state index in [0.717, 1.165) is 24.8 Å². The predicted octanol–water partition coefficient (Wildman–Crippen LogP) is 4.64. The van der Waals surface area contributed by atoms with Crippen LogP contribution in [0.25, 0.3) is 0 Å². The molecule has 1 saturated heterocycles. The SMILES string of the molecule is Cc1nc(CCC2CCN(C(=O)OC(C)(C)C)CC2)nc(C(=O)O)c1OCc1ccccc1. The first-order valence-electron chi connectivity index (χ1n) is 11.4. The number of aryl methyl sites for hydroxylation is 2. The lowest BCUT2D eigenvalue weighted by atomic mass is 9.92. The summed E-state index contributed by atoms with van der Waals surface area (Å²) in [4.78, 5) is 34.6. The Balaban J connectivity index is 1.57. The molecular formula is C25H33N3O5. The third-order valence-electron chi connectivity index (χ3n) is 5.55. The minimum atomic E-state index is -1.13. The number of rotatable bonds is 7. The average Bonchev–Trinajstić information content (AvgIpc) is 2.76. The van der Waals surface area contributed by atoms with Gasteiger partial charge in [-0.25, -0.2) is 19.6 Å². The Morgan fingerprint density at radius 2 is 1.79 bits per heavy atom. The number of carboxylic acid groups (broad SMARTS) is 1. The molecule has 0 aliphatic carbocycles. The number of carboxylic acids is 1. The second-order valence-electron chi connectivity index (χ2n) is 9.43. The molecule has 0 bridgehead atoms. The van der Waals surface area contributed by atoms with Crippen LogP contribution >= 0.6 is 0 Å². The van der Waals surface area contributed by atoms with Gasteiger partial charge in [-0.1, -0.05) is 30.3 Å². The molecule has 3 rings (SSSR count). The summed E-state index contributed by atoms with van der Waals surface area (Å²) in [7, 11) is 0. The molecule has 8 nitrogen and oxygen atoms in total. The number of hydrogen-bond donors (Lipinski definition) is 1. The monoisotopic (exact) mass is 455 g/mol. The van der Waals surface area contributed by atoms with Gasteiger partial charge in [0.05, 0.1) is 5.69 Å². The molecular weight excluding hydrogens is 422 g/mol. The minimum Gasteiger partial charge on any atom is -0.484 e. The predicted molar refractivity (Wildman–Crippen MR) is 123 cm³/mol. The zero-order valence-corrected chi connectivity index (χ0v) is 19.8. The molecule has 1 amide bonds. The number of likely N-dealkylation sites (tertiary alicyclic amines) is 1. The molecule has 0 unspecified atom stereocenters. The van der Waals surface area contributed by atoms with Gasteiger partial charge in [0, 0.05) is 19.5 Å². The van der Waals surface area contributed by atoms with Gasteiger partial charge in [0.25, 0.3) is 0 Å². The van der Waals surface area contributed by atoms with Crippen molar-refractivity contribution in [3.63, 3.8) is 0 Å². The van der Waals surface area contributed by atoms with Crippen LogP contribution in [0.2, 0.25) is 0 Å². The van der Waals surface area contributed by atoms with Gasteiger partial charge in [-0.2, -0.15) is 0 Å². The molecule has 0 saturated carbocycles. The summed E-state index contributed by atoms with van der Waals surface area (Å²) in [5.41, 5.74) is 0.860. The van der Waals surface area contributed by atoms with E-state index in [-0.39, 0.29) is 24.1 Å². The van der Waals surface area contributed by atoms with Crippen molar-refractivity contribution < 1.29 is 24.2 Å². The van der Waals surface area contributed by atoms with E-state index < -0.39 is 11.6 Å². The van der Waals surface area contributed by atoms with Gasteiger partial charge in [0.1, 0.15) is 18.0 Å². The molecule has 0 spiro atoms. The number of benzene rings is 1. The maximum Gasteiger partial charge on any atom is 0.410 e. The fraction of sp³-hybridized carbons (Fsp3) is 0.520. The zero-order valence-electron chi connectivity index (χ0n) is 19.8. The number of aromatic carboxylic acids is 1. The van der Waals surface area contributed by atoms with Crippen LogP contribution in [0.3, 0.4) is 0 Å². The summed E-state index contributed by atoms with van der Waals surface area (Å²) in [6, 6.07) is 9.55. The number of carbonyl (C=O) groups excluding carboxylic acids is 1. The zero-order chi connectivity index (χ0) is 24.0. The standard InChI is InChI=1S/C25H33N3O5/c1-17-22(32-16-19-8-6-5-7-9-19)21(23(29)30)27-20(26-17)11-10-18-12-14-28(15-13-18)24(31)33-25(2,3)4/h5-9,18H,10-16H2,1-4H3,(H,29,30). The van der Waals surface area contributed by atoms with E-state index in [1.165, 1.54) is 0 Å². The van der Waals surface area contributed by atoms with Crippen molar-refractivity contribution in [3.05, 3.63) is 53.1 Å². The molecule has 1 aliphatic heterocycles. The van der Waals surface area contributed by atoms with Crippen LogP contribution < -0.4 is 4.74 Å². The van der Waals surface area contributed by atoms with E-state index in [2.05, 4.69) is 9.97 Å². The highest BCUT2D eigenvalue weighted by molar-refractivity contribution is 5.88. The lowest BCUT2D eigenvalue weighted by Gasteiger charge is -2.33. The first-order valence-corrected chi connectivity index (χ1v) is 11.4. The minimum absolute atomic E-state index is 0.104. The van der Waals surface area contributed by atoms with E-state index in [1.54, 1.807) is 11.8 Å². The highest BCUT2D eigenvalue weighted by atomic mass is 16.6. The van der Waals surface area contributed by atoms with E-state index >= 15 is 0 Å². The van der Waals surface area contributed by atoms with Crippen LogP contribution in [-0.2, 0) is 17.8 Å². The van der Waals surface area contributed by atoms with E-state index in [9.17, 15) is 14.7 Å². The quantitative estimate of drug-likeness (QED) is 0.649. The Labute approximate surface area is 195 Å². The number of piperidine rings is 1. The summed E-state index contributed by atoms with van der Waals surface area (Å²) < 4.78 is 11.2. The maximum atomic E-state index is 12.2. The van der Waals surface area contributed by atoms with Gasteiger partial charge >= 0.3 is 12.1 Å².